The van der Waals surface area contributed by atoms with Crippen LogP contribution in [0.15, 0.2) is 48.1 Å². The zero-order chi connectivity index (χ0) is 10.9. The van der Waals surface area contributed by atoms with Crippen molar-refractivity contribution in [2.45, 2.75) is 27.2 Å². The van der Waals surface area contributed by atoms with Gasteiger partial charge in [-0.05, 0) is 29.9 Å². The highest BCUT2D eigenvalue weighted by molar-refractivity contribution is 5.70. The fourth-order valence-electron chi connectivity index (χ4n) is 2.36. The SMILES string of the molecule is CC1=CC(C)(C)CC(c2ccccc2)=C1. The van der Waals surface area contributed by atoms with E-state index in [-0.39, 0.29) is 0 Å². The Labute approximate surface area is 92.3 Å². The Bertz CT molecular complexity index is 405. The van der Waals surface area contributed by atoms with Crippen LogP contribution in [0.2, 0.25) is 0 Å². The fourth-order valence-corrected chi connectivity index (χ4v) is 2.36. The van der Waals surface area contributed by atoms with E-state index in [4.69, 9.17) is 0 Å². The van der Waals surface area contributed by atoms with E-state index < -0.39 is 0 Å². The van der Waals surface area contributed by atoms with Crippen LogP contribution in [0.4, 0.5) is 0 Å². The van der Waals surface area contributed by atoms with Gasteiger partial charge in [0.2, 0.25) is 0 Å². The second kappa shape index (κ2) is 3.69. The van der Waals surface area contributed by atoms with Crippen molar-refractivity contribution in [3.63, 3.8) is 0 Å². The van der Waals surface area contributed by atoms with Crippen molar-refractivity contribution in [3.8, 4) is 0 Å². The average Bonchev–Trinajstić information content (AvgIpc) is 2.16. The van der Waals surface area contributed by atoms with Crippen molar-refractivity contribution in [1.82, 2.24) is 0 Å². The summed E-state index contributed by atoms with van der Waals surface area (Å²) in [6.07, 6.45) is 5.80. The third-order valence-electron chi connectivity index (χ3n) is 2.81. The summed E-state index contributed by atoms with van der Waals surface area (Å²) in [5.41, 5.74) is 4.49. The largest absolute Gasteiger partial charge is 0.0756 e. The summed E-state index contributed by atoms with van der Waals surface area (Å²) in [4.78, 5) is 0. The van der Waals surface area contributed by atoms with Gasteiger partial charge in [0.1, 0.15) is 0 Å². The van der Waals surface area contributed by atoms with Gasteiger partial charge in [0.25, 0.3) is 0 Å². The Morgan fingerprint density at radius 1 is 1.07 bits per heavy atom. The highest BCUT2D eigenvalue weighted by Crippen LogP contribution is 2.37. The molecule has 1 aliphatic rings. The molecule has 0 unspecified atom stereocenters. The maximum absolute atomic E-state index is 2.36. The van der Waals surface area contributed by atoms with Crippen molar-refractivity contribution >= 4 is 5.57 Å². The Morgan fingerprint density at radius 3 is 2.33 bits per heavy atom. The van der Waals surface area contributed by atoms with E-state index in [1.165, 1.54) is 16.7 Å². The minimum atomic E-state index is 0.296. The van der Waals surface area contributed by atoms with Crippen molar-refractivity contribution in [3.05, 3.63) is 53.6 Å². The quantitative estimate of drug-likeness (QED) is 0.625. The molecule has 1 aromatic rings. The molecular weight excluding hydrogens is 180 g/mol. The molecule has 0 bridgehead atoms. The standard InChI is InChI=1S/C15H18/c1-12-9-14(11-15(2,3)10-12)13-7-5-4-6-8-13/h4-10H,11H2,1-3H3. The van der Waals surface area contributed by atoms with Gasteiger partial charge < -0.3 is 0 Å². The van der Waals surface area contributed by atoms with Crippen LogP contribution in [0, 0.1) is 5.41 Å². The normalized spacial score (nSPS) is 19.4. The van der Waals surface area contributed by atoms with E-state index in [0.717, 1.165) is 6.42 Å². The summed E-state index contributed by atoms with van der Waals surface area (Å²) in [7, 11) is 0. The molecule has 0 aromatic heterocycles. The molecule has 0 nitrogen and oxygen atoms in total. The molecule has 0 spiro atoms. The summed E-state index contributed by atoms with van der Waals surface area (Å²) in [5.74, 6) is 0. The molecule has 1 aromatic carbocycles. The van der Waals surface area contributed by atoms with E-state index in [1.807, 2.05) is 0 Å². The van der Waals surface area contributed by atoms with E-state index >= 15 is 0 Å². The molecule has 0 amide bonds. The molecule has 0 saturated heterocycles. The molecule has 1 aliphatic carbocycles. The van der Waals surface area contributed by atoms with Crippen LogP contribution in [-0.4, -0.2) is 0 Å². The van der Waals surface area contributed by atoms with Crippen molar-refractivity contribution in [1.29, 1.82) is 0 Å². The zero-order valence-corrected chi connectivity index (χ0v) is 9.75. The van der Waals surface area contributed by atoms with Crippen LogP contribution >= 0.6 is 0 Å². The van der Waals surface area contributed by atoms with Crippen LogP contribution in [0.1, 0.15) is 32.8 Å². The molecule has 0 saturated carbocycles. The van der Waals surface area contributed by atoms with Crippen molar-refractivity contribution < 1.29 is 0 Å². The van der Waals surface area contributed by atoms with Gasteiger partial charge in [0.15, 0.2) is 0 Å². The molecule has 15 heavy (non-hydrogen) atoms. The van der Waals surface area contributed by atoms with Crippen LogP contribution in [0.3, 0.4) is 0 Å². The third-order valence-corrected chi connectivity index (χ3v) is 2.81. The molecule has 0 fully saturated rings. The second-order valence-corrected chi connectivity index (χ2v) is 5.09. The lowest BCUT2D eigenvalue weighted by Crippen LogP contribution is -2.12. The first-order chi connectivity index (χ1) is 7.07. The molecule has 0 heteroatoms. The smallest absolute Gasteiger partial charge is 0.0129 e. The number of rotatable bonds is 1. The predicted octanol–water partition coefficient (Wildman–Crippen LogP) is 4.45. The summed E-state index contributed by atoms with van der Waals surface area (Å²) in [6, 6.07) is 10.7. The van der Waals surface area contributed by atoms with Gasteiger partial charge in [0.05, 0.1) is 0 Å². The van der Waals surface area contributed by atoms with Gasteiger partial charge in [-0.15, -0.1) is 0 Å². The Hall–Kier alpha value is -1.30. The molecule has 78 valence electrons. The molecule has 0 radical (unpaired) electrons. The monoisotopic (exact) mass is 198 g/mol. The van der Waals surface area contributed by atoms with Gasteiger partial charge in [-0.1, -0.05) is 61.9 Å². The topological polar surface area (TPSA) is 0 Å². The number of benzene rings is 1. The molecule has 0 heterocycles. The van der Waals surface area contributed by atoms with Crippen LogP contribution < -0.4 is 0 Å². The maximum Gasteiger partial charge on any atom is -0.0129 e. The highest BCUT2D eigenvalue weighted by Gasteiger charge is 2.21. The maximum atomic E-state index is 2.36. The van der Waals surface area contributed by atoms with E-state index in [1.54, 1.807) is 0 Å². The summed E-state index contributed by atoms with van der Waals surface area (Å²) < 4.78 is 0. The summed E-state index contributed by atoms with van der Waals surface area (Å²) in [6.45, 7) is 6.78. The van der Waals surface area contributed by atoms with Gasteiger partial charge in [-0.3, -0.25) is 0 Å². The lowest BCUT2D eigenvalue weighted by molar-refractivity contribution is 0.489. The van der Waals surface area contributed by atoms with Crippen LogP contribution in [0.25, 0.3) is 5.57 Å². The van der Waals surface area contributed by atoms with Gasteiger partial charge in [0, 0.05) is 0 Å². The second-order valence-electron chi connectivity index (χ2n) is 5.09. The average molecular weight is 198 g/mol. The first-order valence-electron chi connectivity index (χ1n) is 5.52. The first-order valence-corrected chi connectivity index (χ1v) is 5.52. The molecule has 0 aliphatic heterocycles. The number of hydrogen-bond acceptors (Lipinski definition) is 0. The minimum absolute atomic E-state index is 0.296. The fraction of sp³-hybridized carbons (Fsp3) is 0.333. The van der Waals surface area contributed by atoms with Crippen molar-refractivity contribution in [2.75, 3.05) is 0 Å². The van der Waals surface area contributed by atoms with Gasteiger partial charge >= 0.3 is 0 Å². The lowest BCUT2D eigenvalue weighted by atomic mass is 9.78. The van der Waals surface area contributed by atoms with E-state index in [2.05, 4.69) is 63.3 Å². The third kappa shape index (κ3) is 2.38. The van der Waals surface area contributed by atoms with E-state index in [9.17, 15) is 0 Å². The number of allylic oxidation sites excluding steroid dienone is 4. The highest BCUT2D eigenvalue weighted by atomic mass is 14.3. The van der Waals surface area contributed by atoms with Gasteiger partial charge in [-0.2, -0.15) is 0 Å². The van der Waals surface area contributed by atoms with E-state index in [0.29, 0.717) is 5.41 Å². The van der Waals surface area contributed by atoms with Crippen LogP contribution in [0.5, 0.6) is 0 Å². The van der Waals surface area contributed by atoms with Crippen LogP contribution in [-0.2, 0) is 0 Å². The van der Waals surface area contributed by atoms with Gasteiger partial charge in [-0.25, -0.2) is 0 Å². The lowest BCUT2D eigenvalue weighted by Gasteiger charge is -2.27. The summed E-state index contributed by atoms with van der Waals surface area (Å²) in [5, 5.41) is 0. The molecule has 0 atom stereocenters. The molecule has 0 N–H and O–H groups in total. The Balaban J connectivity index is 2.37. The van der Waals surface area contributed by atoms with Crippen molar-refractivity contribution in [2.24, 2.45) is 5.41 Å². The first kappa shape index (κ1) is 10.2. The number of hydrogen-bond donors (Lipinski definition) is 0. The summed E-state index contributed by atoms with van der Waals surface area (Å²) >= 11 is 0. The molecular formula is C15H18. The minimum Gasteiger partial charge on any atom is -0.0756 e. The Morgan fingerprint density at radius 2 is 1.73 bits per heavy atom. The predicted molar refractivity (Wildman–Crippen MR) is 66.6 cm³/mol. The molecule has 2 rings (SSSR count). The zero-order valence-electron chi connectivity index (χ0n) is 9.75. The Kier molecular flexibility index (Phi) is 2.52.